The Morgan fingerprint density at radius 1 is 0.964 bits per heavy atom. The minimum absolute atomic E-state index is 0. The van der Waals surface area contributed by atoms with Gasteiger partial charge in [0.25, 0.3) is 0 Å². The van der Waals surface area contributed by atoms with Crippen molar-refractivity contribution in [3.05, 3.63) is 28.8 Å². The molecule has 4 heteroatoms. The zero-order chi connectivity index (χ0) is 18.7. The maximum absolute atomic E-state index is 13.3. The van der Waals surface area contributed by atoms with Crippen LogP contribution in [0.15, 0.2) is 12.1 Å². The number of rotatable bonds is 3. The molecule has 1 N–H and O–H groups in total. The molecule has 0 spiro atoms. The zero-order valence-corrected chi connectivity index (χ0v) is 18.4. The van der Waals surface area contributed by atoms with Crippen LogP contribution in [0.1, 0.15) is 61.6 Å². The smallest absolute Gasteiger partial charge is 0.241 e. The highest BCUT2D eigenvalue weighted by Crippen LogP contribution is 2.55. The highest BCUT2D eigenvalue weighted by Gasteiger charge is 2.52. The van der Waals surface area contributed by atoms with Crippen molar-refractivity contribution in [1.82, 2.24) is 4.90 Å². The summed E-state index contributed by atoms with van der Waals surface area (Å²) in [5.74, 6) is 3.94. The maximum Gasteiger partial charge on any atom is 0.241 e. The minimum Gasteiger partial charge on any atom is -0.324 e. The van der Waals surface area contributed by atoms with Gasteiger partial charge in [0.05, 0.1) is 6.04 Å². The Morgan fingerprint density at radius 3 is 2.11 bits per heavy atom. The van der Waals surface area contributed by atoms with Gasteiger partial charge in [0.15, 0.2) is 0 Å². The van der Waals surface area contributed by atoms with Crippen LogP contribution in [0.2, 0.25) is 0 Å². The molecule has 1 aromatic rings. The molecule has 4 saturated carbocycles. The molecule has 1 aromatic carbocycles. The Labute approximate surface area is 176 Å². The van der Waals surface area contributed by atoms with Crippen molar-refractivity contribution in [3.8, 4) is 0 Å². The van der Waals surface area contributed by atoms with Crippen molar-refractivity contribution < 1.29 is 4.79 Å². The molecule has 3 nitrogen and oxygen atoms in total. The number of nitrogens with zero attached hydrogens (tertiary/aromatic N) is 1. The van der Waals surface area contributed by atoms with Crippen molar-refractivity contribution >= 4 is 24.0 Å². The summed E-state index contributed by atoms with van der Waals surface area (Å²) in [4.78, 5) is 15.9. The molecule has 154 valence electrons. The molecule has 4 aliphatic carbocycles. The van der Waals surface area contributed by atoms with Crippen LogP contribution in [-0.2, 0) is 4.79 Å². The summed E-state index contributed by atoms with van der Waals surface area (Å²) in [6.45, 7) is 7.47. The monoisotopic (exact) mass is 402 g/mol. The minimum atomic E-state index is 0. The molecular weight excluding hydrogens is 368 g/mol. The van der Waals surface area contributed by atoms with Gasteiger partial charge in [0.1, 0.15) is 0 Å². The predicted molar refractivity (Wildman–Crippen MR) is 117 cm³/mol. The van der Waals surface area contributed by atoms with Crippen molar-refractivity contribution in [3.63, 3.8) is 0 Å². The number of hydrogen-bond donors (Lipinski definition) is 1. The summed E-state index contributed by atoms with van der Waals surface area (Å²) in [7, 11) is 0. The molecule has 6 rings (SSSR count). The van der Waals surface area contributed by atoms with Crippen molar-refractivity contribution in [2.75, 3.05) is 11.9 Å². The van der Waals surface area contributed by atoms with Crippen LogP contribution < -0.4 is 5.32 Å². The first-order valence-corrected chi connectivity index (χ1v) is 11.1. The van der Waals surface area contributed by atoms with Gasteiger partial charge < -0.3 is 5.32 Å². The molecular formula is C24H35ClN2O. The van der Waals surface area contributed by atoms with Gasteiger partial charge in [-0.3, -0.25) is 9.69 Å². The van der Waals surface area contributed by atoms with Crippen LogP contribution in [0.25, 0.3) is 0 Å². The van der Waals surface area contributed by atoms with Gasteiger partial charge in [-0.25, -0.2) is 0 Å². The summed E-state index contributed by atoms with van der Waals surface area (Å²) >= 11 is 0. The molecule has 1 heterocycles. The Hall–Kier alpha value is -1.06. The normalized spacial score (nSPS) is 36.4. The lowest BCUT2D eigenvalue weighted by Crippen LogP contribution is -2.58. The van der Waals surface area contributed by atoms with E-state index < -0.39 is 0 Å². The molecule has 5 fully saturated rings. The van der Waals surface area contributed by atoms with E-state index in [-0.39, 0.29) is 24.4 Å². The first-order chi connectivity index (χ1) is 13.0. The Bertz CT molecular complexity index is 710. The quantitative estimate of drug-likeness (QED) is 0.747. The highest BCUT2D eigenvalue weighted by molar-refractivity contribution is 5.96. The number of halogens is 1. The summed E-state index contributed by atoms with van der Waals surface area (Å²) in [6, 6.07) is 5.10. The van der Waals surface area contributed by atoms with Gasteiger partial charge in [-0.15, -0.1) is 12.4 Å². The van der Waals surface area contributed by atoms with Gasteiger partial charge in [-0.05, 0) is 107 Å². The number of hydrogen-bond acceptors (Lipinski definition) is 2. The van der Waals surface area contributed by atoms with Crippen molar-refractivity contribution in [2.45, 2.75) is 77.8 Å². The van der Waals surface area contributed by atoms with E-state index in [9.17, 15) is 4.79 Å². The molecule has 0 aromatic heterocycles. The Kier molecular flexibility index (Phi) is 5.52. The number of anilines is 1. The summed E-state index contributed by atoms with van der Waals surface area (Å²) in [5.41, 5.74) is 4.65. The van der Waals surface area contributed by atoms with E-state index in [1.165, 1.54) is 55.2 Å². The van der Waals surface area contributed by atoms with E-state index in [1.807, 2.05) is 0 Å². The number of likely N-dealkylation sites (tertiary alicyclic amines) is 1. The average molecular weight is 403 g/mol. The van der Waals surface area contributed by atoms with Gasteiger partial charge >= 0.3 is 0 Å². The number of carbonyl (C=O) groups excluding carboxylic acids is 1. The lowest BCUT2D eigenvalue weighted by Gasteiger charge is -2.57. The summed E-state index contributed by atoms with van der Waals surface area (Å²) in [6.07, 6.45) is 9.41. The van der Waals surface area contributed by atoms with Crippen LogP contribution in [0.4, 0.5) is 5.69 Å². The second-order valence-corrected chi connectivity index (χ2v) is 10.1. The first kappa shape index (κ1) is 20.2. The van der Waals surface area contributed by atoms with Crippen molar-refractivity contribution in [2.24, 2.45) is 23.7 Å². The fourth-order valence-corrected chi connectivity index (χ4v) is 7.45. The van der Waals surface area contributed by atoms with E-state index in [1.54, 1.807) is 0 Å². The van der Waals surface area contributed by atoms with Gasteiger partial charge in [0, 0.05) is 11.7 Å². The third-order valence-corrected chi connectivity index (χ3v) is 8.08. The average Bonchev–Trinajstić information content (AvgIpc) is 3.06. The molecule has 1 saturated heterocycles. The largest absolute Gasteiger partial charge is 0.324 e. The molecule has 0 radical (unpaired) electrons. The van der Waals surface area contributed by atoms with Crippen molar-refractivity contribution in [1.29, 1.82) is 0 Å². The zero-order valence-electron chi connectivity index (χ0n) is 17.5. The fraction of sp³-hybridized carbons (Fsp3) is 0.708. The molecule has 4 bridgehead atoms. The Balaban J connectivity index is 0.00000192. The van der Waals surface area contributed by atoms with Crippen LogP contribution in [0, 0.1) is 44.4 Å². The Morgan fingerprint density at radius 2 is 1.54 bits per heavy atom. The molecule has 1 atom stereocenters. The molecule has 1 unspecified atom stereocenters. The van der Waals surface area contributed by atoms with E-state index >= 15 is 0 Å². The van der Waals surface area contributed by atoms with Gasteiger partial charge in [0.2, 0.25) is 5.91 Å². The number of carbonyl (C=O) groups is 1. The maximum atomic E-state index is 13.3. The van der Waals surface area contributed by atoms with Crippen LogP contribution in [0.5, 0.6) is 0 Å². The topological polar surface area (TPSA) is 32.3 Å². The number of amides is 1. The highest BCUT2D eigenvalue weighted by atomic mass is 35.5. The van der Waals surface area contributed by atoms with Crippen LogP contribution in [0.3, 0.4) is 0 Å². The SMILES string of the molecule is Cc1cc(C)c(NC(=O)C2CCCN2C2C3CC4CC(C3)CC2C4)c(C)c1.Cl. The van der Waals surface area contributed by atoms with Crippen LogP contribution in [-0.4, -0.2) is 29.4 Å². The standard InChI is InChI=1S/C24H34N2O.ClH/c1-14-7-15(2)22(16(3)8-14)25-24(27)21-5-4-6-26(21)23-19-10-17-9-18(12-19)13-20(23)11-17;/h7-8,17-21,23H,4-6,9-13H2,1-3H3,(H,25,27);1H. The van der Waals surface area contributed by atoms with E-state index in [0.29, 0.717) is 6.04 Å². The molecule has 1 aliphatic heterocycles. The predicted octanol–water partition coefficient (Wildman–Crippen LogP) is 5.26. The van der Waals surface area contributed by atoms with E-state index in [2.05, 4.69) is 43.1 Å². The second kappa shape index (κ2) is 7.65. The molecule has 5 aliphatic rings. The number of aryl methyl sites for hydroxylation is 3. The van der Waals surface area contributed by atoms with E-state index in [4.69, 9.17) is 0 Å². The van der Waals surface area contributed by atoms with Gasteiger partial charge in [-0.2, -0.15) is 0 Å². The summed E-state index contributed by atoms with van der Waals surface area (Å²) < 4.78 is 0. The lowest BCUT2D eigenvalue weighted by molar-refractivity contribution is -0.125. The molecule has 1 amide bonds. The van der Waals surface area contributed by atoms with Crippen LogP contribution >= 0.6 is 12.4 Å². The summed E-state index contributed by atoms with van der Waals surface area (Å²) in [5, 5.41) is 3.32. The van der Waals surface area contributed by atoms with E-state index in [0.717, 1.165) is 42.3 Å². The fourth-order valence-electron chi connectivity index (χ4n) is 7.45. The lowest BCUT2D eigenvalue weighted by atomic mass is 9.54. The second-order valence-electron chi connectivity index (χ2n) is 10.1. The number of benzene rings is 1. The van der Waals surface area contributed by atoms with Gasteiger partial charge in [-0.1, -0.05) is 17.7 Å². The molecule has 28 heavy (non-hydrogen) atoms. The third-order valence-electron chi connectivity index (χ3n) is 8.08. The first-order valence-electron chi connectivity index (χ1n) is 11.1. The number of nitrogens with one attached hydrogen (secondary N) is 1. The third kappa shape index (κ3) is 3.39.